The average molecular weight is 458 g/mol. The molecule has 2 aliphatic rings. The van der Waals surface area contributed by atoms with E-state index in [9.17, 15) is 0 Å². The fourth-order valence-electron chi connectivity index (χ4n) is 3.85. The van der Waals surface area contributed by atoms with Crippen molar-refractivity contribution < 1.29 is 4.74 Å². The van der Waals surface area contributed by atoms with E-state index >= 15 is 0 Å². The van der Waals surface area contributed by atoms with Crippen molar-refractivity contribution in [3.05, 3.63) is 35.4 Å². The summed E-state index contributed by atoms with van der Waals surface area (Å²) in [5, 5.41) is 3.61. The number of guanidine groups is 1. The van der Waals surface area contributed by atoms with Gasteiger partial charge in [-0.15, -0.1) is 24.0 Å². The molecule has 5 nitrogen and oxygen atoms in total. The molecule has 1 aromatic carbocycles. The van der Waals surface area contributed by atoms with E-state index in [-0.39, 0.29) is 24.0 Å². The highest BCUT2D eigenvalue weighted by molar-refractivity contribution is 14.0. The molecule has 0 aliphatic carbocycles. The van der Waals surface area contributed by atoms with Gasteiger partial charge in [0, 0.05) is 46.4 Å². The Morgan fingerprint density at radius 2 is 2.08 bits per heavy atom. The number of hydrogen-bond donors (Lipinski definition) is 1. The van der Waals surface area contributed by atoms with Crippen molar-refractivity contribution in [2.45, 2.75) is 31.8 Å². The Bertz CT molecular complexity index is 566. The fraction of sp³-hybridized carbons (Fsp3) is 0.632. The third-order valence-corrected chi connectivity index (χ3v) is 5.22. The molecule has 1 fully saturated rings. The fourth-order valence-corrected chi connectivity index (χ4v) is 3.85. The maximum atomic E-state index is 5.23. The van der Waals surface area contributed by atoms with E-state index in [0.29, 0.717) is 6.04 Å². The second-order valence-electron chi connectivity index (χ2n) is 6.69. The number of nitrogens with zero attached hydrogens (tertiary/aromatic N) is 3. The molecular formula is C19H31IN4O. The second-order valence-corrected chi connectivity index (χ2v) is 6.69. The van der Waals surface area contributed by atoms with Gasteiger partial charge in [0.2, 0.25) is 0 Å². The molecule has 0 amide bonds. The molecule has 0 radical (unpaired) electrons. The maximum Gasteiger partial charge on any atom is 0.194 e. The number of halogens is 1. The summed E-state index contributed by atoms with van der Waals surface area (Å²) in [6, 6.07) is 9.34. The van der Waals surface area contributed by atoms with Crippen molar-refractivity contribution in [1.29, 1.82) is 0 Å². The van der Waals surface area contributed by atoms with Crippen LogP contribution in [0.15, 0.2) is 29.3 Å². The Labute approximate surface area is 168 Å². The van der Waals surface area contributed by atoms with E-state index < -0.39 is 0 Å². The lowest BCUT2D eigenvalue weighted by atomic mass is 10.0. The van der Waals surface area contributed by atoms with Gasteiger partial charge in [0.05, 0.1) is 6.61 Å². The molecule has 6 heteroatoms. The van der Waals surface area contributed by atoms with Crippen LogP contribution in [0.1, 0.15) is 24.0 Å². The van der Waals surface area contributed by atoms with Gasteiger partial charge in [-0.2, -0.15) is 0 Å². The highest BCUT2D eigenvalue weighted by Gasteiger charge is 2.25. The standard InChI is InChI=1S/C19H30N4O.HI/c1-20-19(21-14-18-8-5-10-22(18)12-13-24-2)23-11-9-16-6-3-4-7-17(16)15-23;/h3-4,6-7,18H,5,8-15H2,1-2H3,(H,20,21);1H. The van der Waals surface area contributed by atoms with Gasteiger partial charge in [-0.3, -0.25) is 9.89 Å². The molecule has 0 bridgehead atoms. The zero-order chi connectivity index (χ0) is 16.8. The molecule has 2 heterocycles. The molecule has 25 heavy (non-hydrogen) atoms. The van der Waals surface area contributed by atoms with E-state index in [0.717, 1.165) is 45.2 Å². The summed E-state index contributed by atoms with van der Waals surface area (Å²) >= 11 is 0. The lowest BCUT2D eigenvalue weighted by Crippen LogP contribution is -2.48. The van der Waals surface area contributed by atoms with E-state index in [2.05, 4.69) is 44.4 Å². The Hall–Kier alpha value is -0.860. The van der Waals surface area contributed by atoms with Crippen molar-refractivity contribution in [2.75, 3.05) is 46.9 Å². The predicted octanol–water partition coefficient (Wildman–Crippen LogP) is 2.35. The Balaban J connectivity index is 0.00000225. The van der Waals surface area contributed by atoms with Gasteiger partial charge in [-0.25, -0.2) is 0 Å². The van der Waals surface area contributed by atoms with Crippen LogP contribution in [0.4, 0.5) is 0 Å². The Morgan fingerprint density at radius 1 is 1.28 bits per heavy atom. The first kappa shape index (κ1) is 20.5. The number of benzene rings is 1. The van der Waals surface area contributed by atoms with Crippen molar-refractivity contribution >= 4 is 29.9 Å². The highest BCUT2D eigenvalue weighted by Crippen LogP contribution is 2.19. The summed E-state index contributed by atoms with van der Waals surface area (Å²) < 4.78 is 5.23. The van der Waals surface area contributed by atoms with E-state index in [1.165, 1.54) is 30.5 Å². The largest absolute Gasteiger partial charge is 0.383 e. The van der Waals surface area contributed by atoms with Gasteiger partial charge < -0.3 is 15.0 Å². The number of ether oxygens (including phenoxy) is 1. The van der Waals surface area contributed by atoms with Crippen molar-refractivity contribution in [1.82, 2.24) is 15.1 Å². The van der Waals surface area contributed by atoms with Gasteiger partial charge in [0.25, 0.3) is 0 Å². The molecule has 1 saturated heterocycles. The lowest BCUT2D eigenvalue weighted by Gasteiger charge is -2.33. The van der Waals surface area contributed by atoms with Gasteiger partial charge >= 0.3 is 0 Å². The van der Waals surface area contributed by atoms with Crippen LogP contribution < -0.4 is 5.32 Å². The Morgan fingerprint density at radius 3 is 2.84 bits per heavy atom. The zero-order valence-electron chi connectivity index (χ0n) is 15.4. The first-order valence-corrected chi connectivity index (χ1v) is 9.07. The summed E-state index contributed by atoms with van der Waals surface area (Å²) in [4.78, 5) is 9.43. The molecule has 0 saturated carbocycles. The van der Waals surface area contributed by atoms with Crippen molar-refractivity contribution in [2.24, 2.45) is 4.99 Å². The minimum atomic E-state index is 0. The van der Waals surface area contributed by atoms with E-state index in [1.807, 2.05) is 7.05 Å². The monoisotopic (exact) mass is 458 g/mol. The minimum Gasteiger partial charge on any atom is -0.383 e. The van der Waals surface area contributed by atoms with Crippen LogP contribution in [0.2, 0.25) is 0 Å². The van der Waals surface area contributed by atoms with Gasteiger partial charge in [-0.05, 0) is 36.9 Å². The summed E-state index contributed by atoms with van der Waals surface area (Å²) in [7, 11) is 3.67. The number of fused-ring (bicyclic) bond motifs is 1. The quantitative estimate of drug-likeness (QED) is 0.418. The van der Waals surface area contributed by atoms with Crippen LogP contribution in [0.5, 0.6) is 0 Å². The minimum absolute atomic E-state index is 0. The van der Waals surface area contributed by atoms with Gasteiger partial charge in [0.15, 0.2) is 5.96 Å². The first-order chi connectivity index (χ1) is 11.8. The number of methoxy groups -OCH3 is 1. The molecule has 1 unspecified atom stereocenters. The third kappa shape index (κ3) is 5.31. The normalized spacial score (nSPS) is 21.0. The molecule has 1 atom stereocenters. The summed E-state index contributed by atoms with van der Waals surface area (Å²) in [6.45, 7) is 5.98. The zero-order valence-corrected chi connectivity index (χ0v) is 17.7. The topological polar surface area (TPSA) is 40.1 Å². The molecular weight excluding hydrogens is 427 g/mol. The third-order valence-electron chi connectivity index (χ3n) is 5.22. The van der Waals surface area contributed by atoms with Crippen LogP contribution in [-0.4, -0.2) is 68.7 Å². The van der Waals surface area contributed by atoms with E-state index in [1.54, 1.807) is 7.11 Å². The first-order valence-electron chi connectivity index (χ1n) is 9.07. The lowest BCUT2D eigenvalue weighted by molar-refractivity contribution is 0.141. The van der Waals surface area contributed by atoms with Gasteiger partial charge in [-0.1, -0.05) is 24.3 Å². The number of nitrogens with one attached hydrogen (secondary N) is 1. The smallest absolute Gasteiger partial charge is 0.194 e. The number of aliphatic imine (C=N–C) groups is 1. The number of hydrogen-bond acceptors (Lipinski definition) is 3. The molecule has 140 valence electrons. The van der Waals surface area contributed by atoms with Crippen LogP contribution in [-0.2, 0) is 17.7 Å². The summed E-state index contributed by atoms with van der Waals surface area (Å²) in [6.07, 6.45) is 3.64. The van der Waals surface area contributed by atoms with E-state index in [4.69, 9.17) is 4.74 Å². The summed E-state index contributed by atoms with van der Waals surface area (Å²) in [5.41, 5.74) is 2.90. The van der Waals surface area contributed by atoms with Gasteiger partial charge in [0.1, 0.15) is 0 Å². The summed E-state index contributed by atoms with van der Waals surface area (Å²) in [5.74, 6) is 1.03. The molecule has 1 aromatic rings. The van der Waals surface area contributed by atoms with Crippen molar-refractivity contribution in [3.63, 3.8) is 0 Å². The van der Waals surface area contributed by atoms with Crippen LogP contribution in [0.25, 0.3) is 0 Å². The molecule has 0 spiro atoms. The van der Waals surface area contributed by atoms with Crippen LogP contribution in [0.3, 0.4) is 0 Å². The second kappa shape index (κ2) is 10.3. The predicted molar refractivity (Wildman–Crippen MR) is 114 cm³/mol. The number of rotatable bonds is 5. The highest BCUT2D eigenvalue weighted by atomic mass is 127. The average Bonchev–Trinajstić information content (AvgIpc) is 3.07. The SMILES string of the molecule is CN=C(NCC1CCCN1CCOC)N1CCc2ccccc2C1.I. The van der Waals surface area contributed by atoms with Crippen LogP contribution in [0, 0.1) is 0 Å². The molecule has 3 rings (SSSR count). The maximum absolute atomic E-state index is 5.23. The molecule has 1 N–H and O–H groups in total. The molecule has 0 aromatic heterocycles. The molecule has 2 aliphatic heterocycles. The number of likely N-dealkylation sites (tertiary alicyclic amines) is 1. The Kier molecular flexibility index (Phi) is 8.45. The van der Waals surface area contributed by atoms with Crippen LogP contribution >= 0.6 is 24.0 Å². The van der Waals surface area contributed by atoms with Crippen molar-refractivity contribution in [3.8, 4) is 0 Å².